The third kappa shape index (κ3) is 7.37. The van der Waals surface area contributed by atoms with Crippen molar-refractivity contribution in [3.8, 4) is 11.5 Å². The fourth-order valence-corrected chi connectivity index (χ4v) is 5.48. The molecule has 12 heteroatoms. The Morgan fingerprint density at radius 2 is 1.47 bits per heavy atom. The molecule has 2 heterocycles. The van der Waals surface area contributed by atoms with Crippen LogP contribution in [0.4, 0.5) is 5.82 Å². The molecule has 3 aromatic carbocycles. The number of aliphatic hydroxyl groups excluding tert-OH is 2. The Morgan fingerprint density at radius 3 is 2.00 bits per heavy atom. The van der Waals surface area contributed by atoms with E-state index in [0.717, 1.165) is 21.3 Å². The summed E-state index contributed by atoms with van der Waals surface area (Å²) in [5, 5.41) is 24.6. The summed E-state index contributed by atoms with van der Waals surface area (Å²) in [7, 11) is 3.18. The van der Waals surface area contributed by atoms with Gasteiger partial charge in [0.1, 0.15) is 47.8 Å². The van der Waals surface area contributed by atoms with E-state index in [-0.39, 0.29) is 25.1 Å². The molecule has 1 aliphatic heterocycles. The summed E-state index contributed by atoms with van der Waals surface area (Å²) in [6, 6.07) is 26.0. The summed E-state index contributed by atoms with van der Waals surface area (Å²) >= 11 is 0. The van der Waals surface area contributed by atoms with E-state index in [1.807, 2.05) is 78.9 Å². The number of hydrogen-bond donors (Lipinski definition) is 3. The standard InChI is InChI=1S/C35H39N3O9/c1-22(2)45-21-30(39)36-29-18-19-38(34(42)37-29)33-32(41)31(40)28(47-33)20-46-35(23-8-6-5-7-9-23,24-10-14-26(43-3)15-11-24)25-12-16-27(44-4)17-13-25/h5-19,22,28,31-33,40-41H,20-21H2,1-4H3,(H,36,37,39,42)/t28-,31-,32-,33-/m1/s1. The van der Waals surface area contributed by atoms with Gasteiger partial charge >= 0.3 is 5.69 Å². The van der Waals surface area contributed by atoms with Crippen LogP contribution in [0.3, 0.4) is 0 Å². The van der Waals surface area contributed by atoms with Crippen molar-refractivity contribution in [2.45, 2.75) is 50.1 Å². The van der Waals surface area contributed by atoms with Crippen LogP contribution in [0.15, 0.2) is 95.9 Å². The molecule has 1 amide bonds. The van der Waals surface area contributed by atoms with Crippen molar-refractivity contribution in [3.05, 3.63) is 118 Å². The molecule has 4 atom stereocenters. The van der Waals surface area contributed by atoms with Crippen LogP contribution in [-0.2, 0) is 24.6 Å². The Kier molecular flexibility index (Phi) is 10.7. The van der Waals surface area contributed by atoms with E-state index in [9.17, 15) is 19.8 Å². The number of hydrogen-bond acceptors (Lipinski definition) is 10. The third-order valence-corrected chi connectivity index (χ3v) is 7.89. The quantitative estimate of drug-likeness (QED) is 0.185. The number of benzene rings is 3. The Labute approximate surface area is 272 Å². The summed E-state index contributed by atoms with van der Waals surface area (Å²) in [6.45, 7) is 3.23. The SMILES string of the molecule is COc1ccc(C(OC[C@H]2O[C@@H](n3ccc(NC(=O)COC(C)C)nc3=O)[C@H](O)[C@@H]2O)(c2ccccc2)c2ccc(OC)cc2)cc1. The molecule has 0 spiro atoms. The zero-order valence-corrected chi connectivity index (χ0v) is 26.6. The number of aliphatic hydroxyl groups is 2. The van der Waals surface area contributed by atoms with E-state index in [2.05, 4.69) is 10.3 Å². The van der Waals surface area contributed by atoms with Gasteiger partial charge in [-0.3, -0.25) is 9.36 Å². The Hall–Kier alpha value is -4.59. The van der Waals surface area contributed by atoms with Gasteiger partial charge in [-0.25, -0.2) is 4.79 Å². The van der Waals surface area contributed by atoms with Gasteiger partial charge in [-0.2, -0.15) is 4.98 Å². The summed E-state index contributed by atoms with van der Waals surface area (Å²) in [6.07, 6.45) is -3.98. The number of anilines is 1. The average Bonchev–Trinajstić information content (AvgIpc) is 3.37. The maximum atomic E-state index is 13.0. The number of carbonyl (C=O) groups is 1. The fraction of sp³-hybridized carbons (Fsp3) is 0.343. The number of carbonyl (C=O) groups excluding carboxylic acids is 1. The second-order valence-corrected chi connectivity index (χ2v) is 11.3. The first-order valence-corrected chi connectivity index (χ1v) is 15.2. The third-order valence-electron chi connectivity index (χ3n) is 7.89. The van der Waals surface area contributed by atoms with Crippen molar-refractivity contribution >= 4 is 11.7 Å². The van der Waals surface area contributed by atoms with Crippen LogP contribution in [0, 0.1) is 0 Å². The number of nitrogens with one attached hydrogen (secondary N) is 1. The summed E-state index contributed by atoms with van der Waals surface area (Å²) in [4.78, 5) is 29.0. The van der Waals surface area contributed by atoms with Crippen molar-refractivity contribution < 1.29 is 38.7 Å². The molecule has 12 nitrogen and oxygen atoms in total. The molecule has 1 aromatic heterocycles. The molecule has 1 aliphatic rings. The van der Waals surface area contributed by atoms with Crippen LogP contribution in [0.2, 0.25) is 0 Å². The van der Waals surface area contributed by atoms with Crippen LogP contribution in [-0.4, -0.2) is 77.5 Å². The van der Waals surface area contributed by atoms with Gasteiger partial charge in [0.05, 0.1) is 26.9 Å². The van der Waals surface area contributed by atoms with Gasteiger partial charge < -0.3 is 39.2 Å². The molecule has 0 bridgehead atoms. The van der Waals surface area contributed by atoms with E-state index < -0.39 is 41.7 Å². The highest BCUT2D eigenvalue weighted by molar-refractivity contribution is 5.90. The summed E-state index contributed by atoms with van der Waals surface area (Å²) < 4.78 is 30.0. The van der Waals surface area contributed by atoms with Gasteiger partial charge in [0.15, 0.2) is 6.23 Å². The molecule has 248 valence electrons. The molecule has 0 unspecified atom stereocenters. The van der Waals surface area contributed by atoms with Gasteiger partial charge in [-0.15, -0.1) is 0 Å². The van der Waals surface area contributed by atoms with E-state index >= 15 is 0 Å². The minimum Gasteiger partial charge on any atom is -0.497 e. The molecule has 0 aliphatic carbocycles. The molecule has 1 fully saturated rings. The monoisotopic (exact) mass is 645 g/mol. The van der Waals surface area contributed by atoms with Crippen molar-refractivity contribution in [2.24, 2.45) is 0 Å². The average molecular weight is 646 g/mol. The largest absolute Gasteiger partial charge is 0.497 e. The van der Waals surface area contributed by atoms with E-state index in [1.165, 1.54) is 12.3 Å². The molecule has 0 radical (unpaired) electrons. The van der Waals surface area contributed by atoms with Gasteiger partial charge in [-0.1, -0.05) is 54.6 Å². The number of methoxy groups -OCH3 is 2. The van der Waals surface area contributed by atoms with Crippen molar-refractivity contribution in [2.75, 3.05) is 32.8 Å². The fourth-order valence-electron chi connectivity index (χ4n) is 5.48. The molecule has 0 saturated carbocycles. The second-order valence-electron chi connectivity index (χ2n) is 11.3. The maximum Gasteiger partial charge on any atom is 0.351 e. The van der Waals surface area contributed by atoms with Crippen molar-refractivity contribution in [1.82, 2.24) is 9.55 Å². The lowest BCUT2D eigenvalue weighted by Crippen LogP contribution is -2.39. The normalized spacial score (nSPS) is 19.5. The van der Waals surface area contributed by atoms with Crippen LogP contribution in [0.5, 0.6) is 11.5 Å². The number of amides is 1. The van der Waals surface area contributed by atoms with E-state index in [1.54, 1.807) is 28.1 Å². The van der Waals surface area contributed by atoms with Crippen LogP contribution in [0.25, 0.3) is 0 Å². The summed E-state index contributed by atoms with van der Waals surface area (Å²) in [5.41, 5.74) is 0.369. The lowest BCUT2D eigenvalue weighted by Gasteiger charge is -2.37. The van der Waals surface area contributed by atoms with E-state index in [0.29, 0.717) is 11.5 Å². The number of ether oxygens (including phenoxy) is 5. The topological polar surface area (TPSA) is 151 Å². The second kappa shape index (κ2) is 14.9. The lowest BCUT2D eigenvalue weighted by molar-refractivity contribution is -0.122. The lowest BCUT2D eigenvalue weighted by atomic mass is 9.80. The van der Waals surface area contributed by atoms with Gasteiger partial charge in [0.2, 0.25) is 0 Å². The molecule has 5 rings (SSSR count). The van der Waals surface area contributed by atoms with Crippen LogP contribution >= 0.6 is 0 Å². The predicted octanol–water partition coefficient (Wildman–Crippen LogP) is 3.25. The van der Waals surface area contributed by atoms with Gasteiger partial charge in [-0.05, 0) is 60.9 Å². The van der Waals surface area contributed by atoms with Gasteiger partial charge in [0, 0.05) is 6.20 Å². The summed E-state index contributed by atoms with van der Waals surface area (Å²) in [5.74, 6) is 0.880. The minimum absolute atomic E-state index is 0.0168. The maximum absolute atomic E-state index is 13.0. The smallest absolute Gasteiger partial charge is 0.351 e. The van der Waals surface area contributed by atoms with Crippen molar-refractivity contribution in [3.63, 3.8) is 0 Å². The molecule has 1 saturated heterocycles. The molecular formula is C35H39N3O9. The molecular weight excluding hydrogens is 606 g/mol. The van der Waals surface area contributed by atoms with Crippen molar-refractivity contribution in [1.29, 1.82) is 0 Å². The van der Waals surface area contributed by atoms with Gasteiger partial charge in [0.25, 0.3) is 5.91 Å². The van der Waals surface area contributed by atoms with Crippen LogP contribution < -0.4 is 20.5 Å². The molecule has 47 heavy (non-hydrogen) atoms. The first-order chi connectivity index (χ1) is 22.7. The Balaban J connectivity index is 1.43. The zero-order valence-electron chi connectivity index (χ0n) is 26.6. The number of rotatable bonds is 13. The number of nitrogens with zero attached hydrogens (tertiary/aromatic N) is 2. The number of aromatic nitrogens is 2. The van der Waals surface area contributed by atoms with E-state index in [4.69, 9.17) is 23.7 Å². The minimum atomic E-state index is -1.48. The Morgan fingerprint density at radius 1 is 0.894 bits per heavy atom. The highest BCUT2D eigenvalue weighted by atomic mass is 16.6. The first-order valence-electron chi connectivity index (χ1n) is 15.2. The van der Waals surface area contributed by atoms with Crippen LogP contribution in [0.1, 0.15) is 36.8 Å². The molecule has 4 aromatic rings. The highest BCUT2D eigenvalue weighted by Crippen LogP contribution is 2.42. The highest BCUT2D eigenvalue weighted by Gasteiger charge is 2.46. The zero-order chi connectivity index (χ0) is 33.6. The predicted molar refractivity (Wildman–Crippen MR) is 172 cm³/mol. The Bertz CT molecular complexity index is 1630. The molecule has 3 N–H and O–H groups in total. The first kappa shape index (κ1) is 33.8.